The Kier molecular flexibility index (Phi) is 22.6. The van der Waals surface area contributed by atoms with E-state index in [4.69, 9.17) is 29.3 Å². The molecule has 0 radical (unpaired) electrons. The fraction of sp³-hybridized carbons (Fsp3) is 0.724. The van der Waals surface area contributed by atoms with Crippen molar-refractivity contribution in [1.29, 1.82) is 0 Å². The molecule has 4 atom stereocenters. The van der Waals surface area contributed by atoms with Crippen molar-refractivity contribution < 1.29 is 80.0 Å². The van der Waals surface area contributed by atoms with Gasteiger partial charge in [0.25, 0.3) is 0 Å². The smallest absolute Gasteiger partial charge is 0.490 e. The number of anilines is 2. The number of ether oxygens (including phenoxy) is 2. The number of benzene rings is 2. The van der Waals surface area contributed by atoms with Crippen LogP contribution in [0.3, 0.4) is 0 Å². The van der Waals surface area contributed by atoms with Gasteiger partial charge in [-0.25, -0.2) is 23.3 Å². The molecule has 22 heteroatoms. The number of hydrogen-bond acceptors (Lipinski definition) is 9. The SMILES string of the molecule is CC(C)(C)OC(=O)N1CC[C@@H](N[S@](=O)C(C)(C)C)c2cc(CN3CCCC4(CCCCC4)C3)ccc21.CC(C)(C)OC(=O)N1CC[C@@H]([NH3+])c2cc(C[NH+]3CCCC4(CCCCC4)C3)ccc21.O=C(O)C(F)(F)F.O=C([O-])C(F)(F)F. The second-order valence-electron chi connectivity index (χ2n) is 25.9. The van der Waals surface area contributed by atoms with Crippen LogP contribution in [-0.4, -0.2) is 106 Å². The van der Waals surface area contributed by atoms with E-state index in [1.807, 2.05) is 62.3 Å². The average molecular weight is 1160 g/mol. The van der Waals surface area contributed by atoms with Gasteiger partial charge >= 0.3 is 30.5 Å². The molecule has 2 amide bonds. The number of piperidine rings is 2. The Bertz CT molecular complexity index is 2410. The van der Waals surface area contributed by atoms with Gasteiger partial charge in [-0.05, 0) is 161 Å². The molecule has 8 rings (SSSR count). The number of amides is 2. The van der Waals surface area contributed by atoms with Crippen LogP contribution in [0.15, 0.2) is 36.4 Å². The lowest BCUT2D eigenvalue weighted by Gasteiger charge is -2.45. The zero-order chi connectivity index (χ0) is 59.6. The first kappa shape index (κ1) is 66.3. The van der Waals surface area contributed by atoms with Gasteiger partial charge in [-0.15, -0.1) is 0 Å². The average Bonchev–Trinajstić information content (AvgIpc) is 3.36. The molecule has 2 aliphatic carbocycles. The van der Waals surface area contributed by atoms with Gasteiger partial charge in [-0.1, -0.05) is 56.7 Å². The third-order valence-corrected chi connectivity index (χ3v) is 17.3. The molecule has 4 fully saturated rings. The molecule has 6 N–H and O–H groups in total. The monoisotopic (exact) mass is 1160 g/mol. The minimum Gasteiger partial charge on any atom is -0.542 e. The summed E-state index contributed by atoms with van der Waals surface area (Å²) in [5.74, 6) is -5.76. The number of likely N-dealkylation sites (tertiary alicyclic amines) is 2. The Morgan fingerprint density at radius 2 is 1.15 bits per heavy atom. The third kappa shape index (κ3) is 19.8. The molecule has 15 nitrogen and oxygen atoms in total. The maximum Gasteiger partial charge on any atom is 0.490 e. The number of nitrogens with zero attached hydrogens (tertiary/aromatic N) is 3. The number of fused-ring (bicyclic) bond motifs is 2. The first-order valence-electron chi connectivity index (χ1n) is 28.4. The van der Waals surface area contributed by atoms with Crippen LogP contribution in [0.2, 0.25) is 0 Å². The van der Waals surface area contributed by atoms with Crippen LogP contribution >= 0.6 is 0 Å². The van der Waals surface area contributed by atoms with Crippen molar-refractivity contribution >= 4 is 46.5 Å². The van der Waals surface area contributed by atoms with Gasteiger partial charge in [0.15, 0.2) is 0 Å². The summed E-state index contributed by atoms with van der Waals surface area (Å²) in [6.45, 7) is 25.6. The van der Waals surface area contributed by atoms with Crippen molar-refractivity contribution in [2.75, 3.05) is 49.1 Å². The molecule has 2 aromatic rings. The predicted molar refractivity (Wildman–Crippen MR) is 293 cm³/mol. The molecule has 6 aliphatic rings. The lowest BCUT2D eigenvalue weighted by atomic mass is 9.69. The van der Waals surface area contributed by atoms with Gasteiger partial charge in [-0.2, -0.15) is 26.3 Å². The first-order chi connectivity index (χ1) is 37.0. The number of halogens is 6. The molecule has 1 unspecified atom stereocenters. The minimum absolute atomic E-state index is 0.0651. The normalized spacial score (nSPS) is 22.6. The van der Waals surface area contributed by atoms with Crippen LogP contribution in [0.1, 0.15) is 199 Å². The minimum atomic E-state index is -5.19. The van der Waals surface area contributed by atoms with E-state index in [0.29, 0.717) is 30.3 Å². The first-order valence-corrected chi connectivity index (χ1v) is 29.6. The van der Waals surface area contributed by atoms with Crippen LogP contribution in [0.5, 0.6) is 0 Å². The zero-order valence-electron chi connectivity index (χ0n) is 48.5. The Morgan fingerprint density at radius 3 is 1.65 bits per heavy atom. The van der Waals surface area contributed by atoms with Gasteiger partial charge in [-0.3, -0.25) is 14.7 Å². The fourth-order valence-electron chi connectivity index (χ4n) is 12.1. The number of quaternary nitrogens is 2. The van der Waals surface area contributed by atoms with Crippen molar-refractivity contribution in [2.45, 2.75) is 219 Å². The van der Waals surface area contributed by atoms with E-state index >= 15 is 0 Å². The summed E-state index contributed by atoms with van der Waals surface area (Å²) in [7, 11) is -1.20. The number of carbonyl (C=O) groups excluding carboxylic acids is 3. The van der Waals surface area contributed by atoms with Gasteiger partial charge in [0.1, 0.15) is 29.8 Å². The van der Waals surface area contributed by atoms with Gasteiger partial charge in [0.2, 0.25) is 0 Å². The number of carboxylic acids is 2. The van der Waals surface area contributed by atoms with Crippen LogP contribution in [0.4, 0.5) is 47.3 Å². The van der Waals surface area contributed by atoms with Crippen LogP contribution < -0.4 is 30.3 Å². The third-order valence-electron chi connectivity index (χ3n) is 15.7. The molecule has 2 saturated carbocycles. The van der Waals surface area contributed by atoms with E-state index in [-0.39, 0.29) is 29.0 Å². The summed E-state index contributed by atoms with van der Waals surface area (Å²) >= 11 is 0. The highest BCUT2D eigenvalue weighted by Gasteiger charge is 2.42. The molecule has 4 heterocycles. The van der Waals surface area contributed by atoms with Crippen LogP contribution in [0.25, 0.3) is 0 Å². The number of hydrogen-bond donors (Lipinski definition) is 4. The molecule has 452 valence electrons. The quantitative estimate of drug-likeness (QED) is 0.202. The summed E-state index contributed by atoms with van der Waals surface area (Å²) < 4.78 is 90.7. The molecule has 2 aromatic carbocycles. The standard InChI is InChI=1S/C29H47N3O3S.C25H39N3O2.2C2HF3O2/c1-27(2,3)35-26(33)32-18-13-24(30-36(34)28(4,5)6)23-19-22(11-12-25(23)32)20-31-17-10-16-29(21-31)14-8-7-9-15-29;1-24(2,3)30-23(29)28-15-10-21(26)20-16-19(8-9-22(20)28)17-27-14-7-13-25(18-27)11-5-4-6-12-25;2*3-2(4,5)1(6)7/h11-12,19,24,30H,7-10,13-18,20-21H2,1-6H3;8-9,16,21H,4-7,10-15,17-18,26H2,1-3H3;2*(H,6,7)/p+1/t24-,36-;21-;;/m11../s1. The van der Waals surface area contributed by atoms with Gasteiger partial charge in [0, 0.05) is 55.2 Å². The number of aliphatic carboxylic acids is 2. The van der Waals surface area contributed by atoms with E-state index in [0.717, 1.165) is 43.0 Å². The van der Waals surface area contributed by atoms with E-state index in [2.05, 4.69) is 51.8 Å². The lowest BCUT2D eigenvalue weighted by Crippen LogP contribution is -3.13. The highest BCUT2D eigenvalue weighted by molar-refractivity contribution is 7.84. The second-order valence-corrected chi connectivity index (χ2v) is 27.9. The summed E-state index contributed by atoms with van der Waals surface area (Å²) in [5, 5.41) is 15.9. The largest absolute Gasteiger partial charge is 0.542 e. The summed E-state index contributed by atoms with van der Waals surface area (Å²) in [6, 6.07) is 13.3. The Morgan fingerprint density at radius 1 is 0.688 bits per heavy atom. The molecule has 0 bridgehead atoms. The van der Waals surface area contributed by atoms with Crippen molar-refractivity contribution in [1.82, 2.24) is 9.62 Å². The van der Waals surface area contributed by atoms with E-state index in [1.54, 1.807) is 14.7 Å². The van der Waals surface area contributed by atoms with Crippen molar-refractivity contribution in [2.24, 2.45) is 10.8 Å². The van der Waals surface area contributed by atoms with E-state index in [1.165, 1.54) is 126 Å². The van der Waals surface area contributed by atoms with E-state index in [9.17, 15) is 40.1 Å². The predicted octanol–water partition coefficient (Wildman–Crippen LogP) is 9.65. The number of alkyl halides is 6. The Labute approximate surface area is 471 Å². The second kappa shape index (κ2) is 27.3. The molecule has 2 saturated heterocycles. The topological polar surface area (TPSA) is 201 Å². The summed E-state index contributed by atoms with van der Waals surface area (Å²) in [4.78, 5) is 51.4. The van der Waals surface area contributed by atoms with E-state index < -0.39 is 46.5 Å². The fourth-order valence-corrected chi connectivity index (χ4v) is 12.9. The number of carboxylic acid groups (broad SMARTS) is 2. The van der Waals surface area contributed by atoms with Crippen LogP contribution in [0, 0.1) is 10.8 Å². The molecular weight excluding hydrogens is 1070 g/mol. The number of nitrogens with one attached hydrogen (secondary N) is 2. The molecule has 2 spiro atoms. The molecule has 80 heavy (non-hydrogen) atoms. The molecule has 0 aromatic heterocycles. The summed E-state index contributed by atoms with van der Waals surface area (Å²) in [5.41, 5.74) is 11.2. The van der Waals surface area contributed by atoms with Crippen molar-refractivity contribution in [3.8, 4) is 0 Å². The Balaban J connectivity index is 0.000000240. The Hall–Kier alpha value is -4.51. The number of rotatable bonds is 6. The van der Waals surface area contributed by atoms with Crippen molar-refractivity contribution in [3.05, 3.63) is 58.7 Å². The highest BCUT2D eigenvalue weighted by Crippen LogP contribution is 2.45. The maximum absolute atomic E-state index is 13.1. The van der Waals surface area contributed by atoms with Crippen LogP contribution in [-0.2, 0) is 43.1 Å². The zero-order valence-corrected chi connectivity index (χ0v) is 49.3. The van der Waals surface area contributed by atoms with Gasteiger partial charge in [0.05, 0.1) is 40.2 Å². The summed E-state index contributed by atoms with van der Waals surface area (Å²) in [6.07, 6.45) is 10.3. The lowest BCUT2D eigenvalue weighted by molar-refractivity contribution is -0.926. The maximum atomic E-state index is 13.1. The molecular formula is C58H89F6N6O9S+. The number of carbonyl (C=O) groups is 4. The van der Waals surface area contributed by atoms with Crippen molar-refractivity contribution in [3.63, 3.8) is 0 Å². The molecule has 4 aliphatic heterocycles. The highest BCUT2D eigenvalue weighted by atomic mass is 32.2. The van der Waals surface area contributed by atoms with Gasteiger partial charge < -0.3 is 35.1 Å².